The van der Waals surface area contributed by atoms with Crippen molar-refractivity contribution in [2.75, 3.05) is 51.5 Å². The minimum Gasteiger partial charge on any atom is -0.496 e. The molecule has 1 aromatic carbocycles. The molecule has 0 amide bonds. The van der Waals surface area contributed by atoms with E-state index in [2.05, 4.69) is 20.0 Å². The van der Waals surface area contributed by atoms with Crippen molar-refractivity contribution < 1.29 is 17.5 Å². The van der Waals surface area contributed by atoms with E-state index in [1.165, 1.54) is 19.4 Å². The number of halogens is 1. The summed E-state index contributed by atoms with van der Waals surface area (Å²) >= 11 is 0. The Morgan fingerprint density at radius 2 is 1.81 bits per heavy atom. The molecule has 12 heteroatoms. The molecular formula is C25H26FN7O3S. The van der Waals surface area contributed by atoms with Crippen molar-refractivity contribution in [3.8, 4) is 34.2 Å². The van der Waals surface area contributed by atoms with Crippen LogP contribution in [0.25, 0.3) is 28.5 Å². The molecule has 0 saturated carbocycles. The third-order valence-corrected chi connectivity index (χ3v) is 7.33. The summed E-state index contributed by atoms with van der Waals surface area (Å²) in [4.78, 5) is 17.8. The summed E-state index contributed by atoms with van der Waals surface area (Å²) in [7, 11) is 0.0166. The molecule has 0 spiro atoms. The van der Waals surface area contributed by atoms with E-state index in [9.17, 15) is 12.8 Å². The van der Waals surface area contributed by atoms with Gasteiger partial charge in [-0.2, -0.15) is 5.10 Å². The second-order valence-corrected chi connectivity index (χ2v) is 10.8. The van der Waals surface area contributed by atoms with E-state index in [-0.39, 0.29) is 16.3 Å². The Balaban J connectivity index is 1.51. The molecule has 0 aliphatic carbocycles. The molecule has 37 heavy (non-hydrogen) atoms. The van der Waals surface area contributed by atoms with Crippen molar-refractivity contribution >= 4 is 15.7 Å². The largest absolute Gasteiger partial charge is 0.496 e. The monoisotopic (exact) mass is 523 g/mol. The van der Waals surface area contributed by atoms with Gasteiger partial charge in [0.05, 0.1) is 24.6 Å². The fraction of sp³-hybridized carbons (Fsp3) is 0.280. The smallest absolute Gasteiger partial charge is 0.179 e. The molecule has 1 fully saturated rings. The molecule has 3 aromatic heterocycles. The first kappa shape index (κ1) is 24.8. The van der Waals surface area contributed by atoms with Crippen LogP contribution in [-0.2, 0) is 9.84 Å². The van der Waals surface area contributed by atoms with Crippen LogP contribution in [0.2, 0.25) is 0 Å². The van der Waals surface area contributed by atoms with Gasteiger partial charge in [-0.25, -0.2) is 32.4 Å². The molecule has 0 unspecified atom stereocenters. The number of aromatic nitrogens is 5. The molecule has 10 nitrogen and oxygen atoms in total. The van der Waals surface area contributed by atoms with Crippen molar-refractivity contribution in [3.05, 3.63) is 60.8 Å². The van der Waals surface area contributed by atoms with E-state index < -0.39 is 15.7 Å². The number of anilines is 1. The SMILES string of the molecule is COc1cccc(F)c1-c1nccc(-c2cnn(-c3ccc(S(C)(=O)=O)c(N4CCN(C)CC4)n3)c2)n1. The zero-order valence-corrected chi connectivity index (χ0v) is 21.5. The van der Waals surface area contributed by atoms with Gasteiger partial charge in [0.25, 0.3) is 0 Å². The van der Waals surface area contributed by atoms with Crippen molar-refractivity contribution in [1.82, 2.24) is 29.6 Å². The fourth-order valence-electron chi connectivity index (χ4n) is 4.20. The highest BCUT2D eigenvalue weighted by Gasteiger charge is 2.24. The maximum atomic E-state index is 14.6. The Hall–Kier alpha value is -3.90. The highest BCUT2D eigenvalue weighted by Crippen LogP contribution is 2.31. The predicted octanol–water partition coefficient (Wildman–Crippen LogP) is 2.69. The summed E-state index contributed by atoms with van der Waals surface area (Å²) in [5.74, 6) is 0.921. The van der Waals surface area contributed by atoms with Crippen LogP contribution in [0.5, 0.6) is 5.75 Å². The fourth-order valence-corrected chi connectivity index (χ4v) is 5.02. The van der Waals surface area contributed by atoms with Gasteiger partial charge in [-0.1, -0.05) is 6.07 Å². The van der Waals surface area contributed by atoms with Crippen LogP contribution in [0.1, 0.15) is 0 Å². The third kappa shape index (κ3) is 5.02. The molecule has 1 aliphatic heterocycles. The van der Waals surface area contributed by atoms with Gasteiger partial charge in [0.15, 0.2) is 21.5 Å². The van der Waals surface area contributed by atoms with Gasteiger partial charge in [0, 0.05) is 50.4 Å². The van der Waals surface area contributed by atoms with E-state index in [1.54, 1.807) is 53.6 Å². The quantitative estimate of drug-likeness (QED) is 0.377. The Morgan fingerprint density at radius 3 is 2.54 bits per heavy atom. The number of hydrogen-bond acceptors (Lipinski definition) is 9. The number of ether oxygens (including phenoxy) is 1. The zero-order chi connectivity index (χ0) is 26.2. The lowest BCUT2D eigenvalue weighted by atomic mass is 10.1. The van der Waals surface area contributed by atoms with Gasteiger partial charge in [-0.15, -0.1) is 0 Å². The summed E-state index contributed by atoms with van der Waals surface area (Å²) in [5, 5.41) is 4.43. The first-order valence-electron chi connectivity index (χ1n) is 11.6. The lowest BCUT2D eigenvalue weighted by Gasteiger charge is -2.34. The number of sulfone groups is 1. The average Bonchev–Trinajstić information content (AvgIpc) is 3.39. The summed E-state index contributed by atoms with van der Waals surface area (Å²) in [6, 6.07) is 9.44. The predicted molar refractivity (Wildman–Crippen MR) is 137 cm³/mol. The summed E-state index contributed by atoms with van der Waals surface area (Å²) in [6.45, 7) is 2.96. The van der Waals surface area contributed by atoms with Crippen LogP contribution in [0, 0.1) is 5.82 Å². The number of rotatable bonds is 6. The van der Waals surface area contributed by atoms with Gasteiger partial charge >= 0.3 is 0 Å². The average molecular weight is 524 g/mol. The Bertz CT molecular complexity index is 1550. The lowest BCUT2D eigenvalue weighted by molar-refractivity contribution is 0.311. The maximum Gasteiger partial charge on any atom is 0.179 e. The molecule has 4 aromatic rings. The Morgan fingerprint density at radius 1 is 1.03 bits per heavy atom. The first-order valence-corrected chi connectivity index (χ1v) is 13.5. The number of pyridine rings is 1. The summed E-state index contributed by atoms with van der Waals surface area (Å²) in [6.07, 6.45) is 6.09. The number of methoxy groups -OCH3 is 1. The normalized spacial score (nSPS) is 14.6. The number of hydrogen-bond donors (Lipinski definition) is 0. The van der Waals surface area contributed by atoms with Crippen molar-refractivity contribution in [2.24, 2.45) is 0 Å². The van der Waals surface area contributed by atoms with E-state index in [4.69, 9.17) is 9.72 Å². The van der Waals surface area contributed by atoms with Gasteiger partial charge < -0.3 is 14.5 Å². The number of likely N-dealkylation sites (N-methyl/N-ethyl adjacent to an activating group) is 1. The third-order valence-electron chi connectivity index (χ3n) is 6.21. The molecule has 1 aliphatic rings. The van der Waals surface area contributed by atoms with Gasteiger partial charge in [-0.3, -0.25) is 0 Å². The molecule has 0 bridgehead atoms. The Labute approximate surface area is 214 Å². The van der Waals surface area contributed by atoms with Crippen LogP contribution >= 0.6 is 0 Å². The molecule has 1 saturated heterocycles. The van der Waals surface area contributed by atoms with Crippen molar-refractivity contribution in [3.63, 3.8) is 0 Å². The van der Waals surface area contributed by atoms with Crippen molar-refractivity contribution in [1.29, 1.82) is 0 Å². The molecule has 192 valence electrons. The van der Waals surface area contributed by atoms with Gasteiger partial charge in [-0.05, 0) is 37.4 Å². The molecular weight excluding hydrogens is 497 g/mol. The van der Waals surface area contributed by atoms with Crippen molar-refractivity contribution in [2.45, 2.75) is 4.90 Å². The molecule has 0 radical (unpaired) electrons. The van der Waals surface area contributed by atoms with Crippen LogP contribution in [0.15, 0.2) is 59.9 Å². The molecule has 0 N–H and O–H groups in total. The Kier molecular flexibility index (Phi) is 6.61. The molecule has 0 atom stereocenters. The van der Waals surface area contributed by atoms with E-state index in [1.807, 2.05) is 11.9 Å². The van der Waals surface area contributed by atoms with Crippen LogP contribution < -0.4 is 9.64 Å². The minimum atomic E-state index is -3.48. The van der Waals surface area contributed by atoms with E-state index in [0.717, 1.165) is 13.1 Å². The highest BCUT2D eigenvalue weighted by atomic mass is 32.2. The second-order valence-electron chi connectivity index (χ2n) is 8.81. The highest BCUT2D eigenvalue weighted by molar-refractivity contribution is 7.90. The topological polar surface area (TPSA) is 106 Å². The van der Waals surface area contributed by atoms with Gasteiger partial charge in [0.1, 0.15) is 22.3 Å². The number of nitrogens with zero attached hydrogens (tertiary/aromatic N) is 7. The number of piperazine rings is 1. The summed E-state index contributed by atoms with van der Waals surface area (Å²) < 4.78 is 46.4. The van der Waals surface area contributed by atoms with Crippen LogP contribution in [0.3, 0.4) is 0 Å². The molecule has 5 rings (SSSR count). The van der Waals surface area contributed by atoms with Crippen LogP contribution in [-0.4, -0.2) is 84.6 Å². The molecule has 4 heterocycles. The number of benzene rings is 1. The van der Waals surface area contributed by atoms with E-state index >= 15 is 0 Å². The second kappa shape index (κ2) is 9.87. The summed E-state index contributed by atoms with van der Waals surface area (Å²) in [5.41, 5.74) is 1.37. The van der Waals surface area contributed by atoms with Crippen LogP contribution in [0.4, 0.5) is 10.2 Å². The maximum absolute atomic E-state index is 14.6. The first-order chi connectivity index (χ1) is 17.7. The van der Waals surface area contributed by atoms with Gasteiger partial charge in [0.2, 0.25) is 0 Å². The minimum absolute atomic E-state index is 0.175. The standard InChI is InChI=1S/C25H26FN7O3S/c1-31-11-13-32(14-12-31)25-21(37(3,34)35)7-8-22(30-25)33-16-17(15-28-33)19-9-10-27-24(29-19)23-18(26)5-4-6-20(23)36-2/h4-10,15-16H,11-14H2,1-3H3. The zero-order valence-electron chi connectivity index (χ0n) is 20.7. The van der Waals surface area contributed by atoms with E-state index in [0.29, 0.717) is 41.7 Å². The lowest BCUT2D eigenvalue weighted by Crippen LogP contribution is -2.45.